The molecule has 0 aliphatic carbocycles. The van der Waals surface area contributed by atoms with Gasteiger partial charge >= 0.3 is 0 Å². The molecule has 5 heteroatoms. The van der Waals surface area contributed by atoms with E-state index in [1.54, 1.807) is 12.3 Å². The fraction of sp³-hybridized carbons (Fsp3) is 0.117. The van der Waals surface area contributed by atoms with Gasteiger partial charge in [0.15, 0.2) is 0 Å². The summed E-state index contributed by atoms with van der Waals surface area (Å²) in [6.45, 7) is 2.43. The Bertz CT molecular complexity index is 3610. The van der Waals surface area contributed by atoms with E-state index in [2.05, 4.69) is 108 Å². The number of hydrogen-bond donors (Lipinski definition) is 0. The molecule has 0 atom stereocenters. The summed E-state index contributed by atoms with van der Waals surface area (Å²) in [5, 5.41) is 2.00. The van der Waals surface area contributed by atoms with Crippen LogP contribution in [0.2, 0.25) is 0 Å². The van der Waals surface area contributed by atoms with Gasteiger partial charge in [-0.15, -0.1) is 0 Å². The molecule has 3 heterocycles. The lowest BCUT2D eigenvalue weighted by molar-refractivity contribution is 0.483. The fourth-order valence-electron chi connectivity index (χ4n) is 9.27. The Kier molecular flexibility index (Phi) is 8.30. The first-order chi connectivity index (χ1) is 34.1. The number of anilines is 4. The average molecular weight is 849 g/mol. The molecule has 0 bridgehead atoms. The molecule has 316 valence electrons. The molecule has 1 aliphatic rings. The number of benzene rings is 8. The van der Waals surface area contributed by atoms with E-state index in [1.807, 2.05) is 114 Å². The summed E-state index contributed by atoms with van der Waals surface area (Å²) in [5.74, 6) is 1.74. The van der Waals surface area contributed by atoms with Crippen LogP contribution in [0.4, 0.5) is 22.7 Å². The molecule has 2 aromatic heterocycles. The van der Waals surface area contributed by atoms with E-state index in [0.29, 0.717) is 24.0 Å². The van der Waals surface area contributed by atoms with E-state index in [-0.39, 0.29) is 16.5 Å². The number of hydrogen-bond acceptors (Lipinski definition) is 4. The number of ether oxygens (including phenoxy) is 1. The Morgan fingerprint density at radius 3 is 1.88 bits per heavy atom. The van der Waals surface area contributed by atoms with Gasteiger partial charge in [-0.25, -0.2) is 4.98 Å². The maximum absolute atomic E-state index is 8.66. The van der Waals surface area contributed by atoms with Crippen molar-refractivity contribution >= 4 is 44.6 Å². The van der Waals surface area contributed by atoms with Crippen LogP contribution in [-0.2, 0) is 5.41 Å². The summed E-state index contributed by atoms with van der Waals surface area (Å²) in [7, 11) is 0. The second kappa shape index (κ2) is 16.0. The van der Waals surface area contributed by atoms with Crippen LogP contribution in [0.1, 0.15) is 45.7 Å². The van der Waals surface area contributed by atoms with Crippen molar-refractivity contribution in [2.45, 2.75) is 39.9 Å². The maximum Gasteiger partial charge on any atom is 0.137 e. The Balaban J connectivity index is 0.984. The molecule has 10 aromatic rings. The molecule has 8 aromatic carbocycles. The molecule has 0 unspecified atom stereocenters. The zero-order chi connectivity index (χ0) is 49.2. The minimum atomic E-state index is -2.36. The van der Waals surface area contributed by atoms with Gasteiger partial charge in [-0.3, -0.25) is 4.57 Å². The second-order valence-electron chi connectivity index (χ2n) is 17.7. The molecular weight excluding hydrogens is 793 g/mol. The lowest BCUT2D eigenvalue weighted by Crippen LogP contribution is -2.25. The van der Waals surface area contributed by atoms with Crippen LogP contribution in [0.15, 0.2) is 200 Å². The van der Waals surface area contributed by atoms with Gasteiger partial charge in [0, 0.05) is 54.1 Å². The van der Waals surface area contributed by atoms with E-state index in [4.69, 9.17) is 13.0 Å². The minimum absolute atomic E-state index is 0.0447. The highest BCUT2D eigenvalue weighted by atomic mass is 16.5. The van der Waals surface area contributed by atoms with Crippen molar-refractivity contribution in [1.82, 2.24) is 9.55 Å². The molecule has 5 nitrogen and oxygen atoms in total. The van der Waals surface area contributed by atoms with Gasteiger partial charge in [0.2, 0.25) is 0 Å². The summed E-state index contributed by atoms with van der Waals surface area (Å²) in [6.07, 6.45) is 1.54. The highest BCUT2D eigenvalue weighted by molar-refractivity contribution is 6.09. The molecule has 0 radical (unpaired) electrons. The first kappa shape index (κ1) is 33.6. The van der Waals surface area contributed by atoms with E-state index in [1.165, 1.54) is 11.6 Å². The highest BCUT2D eigenvalue weighted by Gasteiger charge is 2.32. The Hall–Kier alpha value is -7.89. The van der Waals surface area contributed by atoms with E-state index in [9.17, 15) is 0 Å². The Labute approximate surface area is 389 Å². The predicted octanol–water partition coefficient (Wildman–Crippen LogP) is 16.1. The van der Waals surface area contributed by atoms with Crippen LogP contribution in [0.3, 0.4) is 0 Å². The summed E-state index contributed by atoms with van der Waals surface area (Å²) >= 11 is 0. The van der Waals surface area contributed by atoms with Crippen molar-refractivity contribution in [2.24, 2.45) is 0 Å². The van der Waals surface area contributed by atoms with Gasteiger partial charge in [0.05, 0.1) is 28.1 Å². The van der Waals surface area contributed by atoms with Crippen LogP contribution in [0.5, 0.6) is 11.5 Å². The standard InChI is InChI=1S/C60H50N4O/c1-40-32-33-61-58(36-40)64-54-19-10-9-18-50(54)51-31-30-49(38-57(51)64)65-48-17-13-16-47(37-48)62-39-63(56-21-12-11-20-55(56)62)59-52(44-14-7-6-8-15-44)34-41(2)35-53(59)45-24-22-42(23-25-45)43-26-28-46(29-27-43)60(3,4)5/h6-38H,39H2,1-5H3/i1D3,2D3. The number of fused-ring (bicyclic) bond motifs is 4. The molecule has 1 aliphatic heterocycles. The van der Waals surface area contributed by atoms with Crippen LogP contribution in [0, 0.1) is 13.7 Å². The summed E-state index contributed by atoms with van der Waals surface area (Å²) in [6, 6.07) is 64.4. The number of rotatable bonds is 8. The van der Waals surface area contributed by atoms with Crippen molar-refractivity contribution < 1.29 is 13.0 Å². The average Bonchev–Trinajstić information content (AvgIpc) is 3.92. The van der Waals surface area contributed by atoms with Crippen LogP contribution in [0.25, 0.3) is 61.0 Å². The summed E-state index contributed by atoms with van der Waals surface area (Å²) < 4.78 is 58.9. The van der Waals surface area contributed by atoms with E-state index in [0.717, 1.165) is 77.9 Å². The molecule has 0 fully saturated rings. The zero-order valence-electron chi connectivity index (χ0n) is 42.5. The number of aryl methyl sites for hydroxylation is 2. The summed E-state index contributed by atoms with van der Waals surface area (Å²) in [4.78, 5) is 9.19. The van der Waals surface area contributed by atoms with Gasteiger partial charge in [-0.1, -0.05) is 136 Å². The third kappa shape index (κ3) is 7.39. The molecule has 0 N–H and O–H groups in total. The molecule has 0 amide bonds. The lowest BCUT2D eigenvalue weighted by atomic mass is 9.86. The topological polar surface area (TPSA) is 33.5 Å². The largest absolute Gasteiger partial charge is 0.457 e. The van der Waals surface area contributed by atoms with E-state index < -0.39 is 13.7 Å². The molecule has 65 heavy (non-hydrogen) atoms. The minimum Gasteiger partial charge on any atom is -0.457 e. The third-order valence-electron chi connectivity index (χ3n) is 12.5. The number of para-hydroxylation sites is 3. The van der Waals surface area contributed by atoms with Gasteiger partial charge in [0.1, 0.15) is 24.0 Å². The van der Waals surface area contributed by atoms with Gasteiger partial charge in [0.25, 0.3) is 0 Å². The molecule has 0 saturated carbocycles. The molecule has 0 saturated heterocycles. The normalized spacial score (nSPS) is 14.3. The molecule has 11 rings (SSSR count). The zero-order valence-corrected chi connectivity index (χ0v) is 36.5. The van der Waals surface area contributed by atoms with Gasteiger partial charge in [-0.05, 0) is 125 Å². The van der Waals surface area contributed by atoms with E-state index >= 15 is 0 Å². The maximum atomic E-state index is 8.66. The smallest absolute Gasteiger partial charge is 0.137 e. The third-order valence-corrected chi connectivity index (χ3v) is 12.5. The lowest BCUT2D eigenvalue weighted by Gasteiger charge is -2.28. The highest BCUT2D eigenvalue weighted by Crippen LogP contribution is 2.51. The number of pyridine rings is 1. The van der Waals surface area contributed by atoms with Crippen molar-refractivity contribution in [3.8, 4) is 50.7 Å². The van der Waals surface area contributed by atoms with Gasteiger partial charge < -0.3 is 14.5 Å². The van der Waals surface area contributed by atoms with Crippen LogP contribution < -0.4 is 14.5 Å². The Morgan fingerprint density at radius 1 is 0.508 bits per heavy atom. The van der Waals surface area contributed by atoms with Crippen molar-refractivity contribution in [3.63, 3.8) is 0 Å². The van der Waals surface area contributed by atoms with Crippen LogP contribution >= 0.6 is 0 Å². The van der Waals surface area contributed by atoms with Crippen molar-refractivity contribution in [1.29, 1.82) is 0 Å². The first-order valence-corrected chi connectivity index (χ1v) is 22.0. The fourth-order valence-corrected chi connectivity index (χ4v) is 9.27. The number of aromatic nitrogens is 2. The van der Waals surface area contributed by atoms with Crippen molar-refractivity contribution in [3.05, 3.63) is 217 Å². The number of nitrogens with zero attached hydrogens (tertiary/aromatic N) is 4. The second-order valence-corrected chi connectivity index (χ2v) is 17.7. The summed E-state index contributed by atoms with van der Waals surface area (Å²) in [5.41, 5.74) is 12.9. The predicted molar refractivity (Wildman–Crippen MR) is 272 cm³/mol. The molecular formula is C60H50N4O. The SMILES string of the molecule is [2H]C([2H])([2H])c1ccnc(-n2c3ccccc3c3ccc(Oc4cccc(N5CN(c6c(-c7ccccc7)cc(C([2H])([2H])[2H])cc6-c6ccc(-c7ccc(C(C)(C)C)cc7)cc6)c6ccccc65)c4)cc32)c1. The van der Waals surface area contributed by atoms with Crippen molar-refractivity contribution in [2.75, 3.05) is 16.5 Å². The van der Waals surface area contributed by atoms with Crippen LogP contribution in [-0.4, -0.2) is 16.2 Å². The first-order valence-electron chi connectivity index (χ1n) is 25.0. The monoisotopic (exact) mass is 848 g/mol. The quantitative estimate of drug-likeness (QED) is 0.153. The van der Waals surface area contributed by atoms with Gasteiger partial charge in [-0.2, -0.15) is 0 Å². The Morgan fingerprint density at radius 2 is 1.14 bits per heavy atom. The molecule has 0 spiro atoms.